The summed E-state index contributed by atoms with van der Waals surface area (Å²) >= 11 is 0. The lowest BCUT2D eigenvalue weighted by Crippen LogP contribution is -2.53. The molecule has 0 saturated carbocycles. The molecule has 0 radical (unpaired) electrons. The monoisotopic (exact) mass is 234 g/mol. The molecule has 1 aromatic carbocycles. The second-order valence-corrected chi connectivity index (χ2v) is 5.02. The predicted molar refractivity (Wildman–Crippen MR) is 69.6 cm³/mol. The van der Waals surface area contributed by atoms with Crippen molar-refractivity contribution in [3.8, 4) is 0 Å². The van der Waals surface area contributed by atoms with Crippen molar-refractivity contribution in [3.05, 3.63) is 35.9 Å². The van der Waals surface area contributed by atoms with Gasteiger partial charge in [-0.3, -0.25) is 4.90 Å². The van der Waals surface area contributed by atoms with Gasteiger partial charge in [0.25, 0.3) is 0 Å². The van der Waals surface area contributed by atoms with E-state index >= 15 is 0 Å². The fraction of sp³-hybridized carbons (Fsp3) is 0.571. The Labute approximate surface area is 103 Å². The smallest absolute Gasteiger partial charge is 0.0627 e. The number of rotatable bonds is 4. The van der Waals surface area contributed by atoms with E-state index in [0.29, 0.717) is 0 Å². The predicted octanol–water partition coefficient (Wildman–Crippen LogP) is 1.36. The maximum atomic E-state index is 9.46. The number of aliphatic hydroxyl groups excluding tert-OH is 1. The maximum absolute atomic E-state index is 9.46. The third kappa shape index (κ3) is 2.51. The lowest BCUT2D eigenvalue weighted by atomic mass is 9.90. The highest BCUT2D eigenvalue weighted by atomic mass is 16.3. The third-order valence-corrected chi connectivity index (χ3v) is 3.88. The summed E-state index contributed by atoms with van der Waals surface area (Å²) in [6.07, 6.45) is 1.87. The van der Waals surface area contributed by atoms with Crippen LogP contribution in [0.1, 0.15) is 25.3 Å². The van der Waals surface area contributed by atoms with Crippen molar-refractivity contribution in [1.82, 2.24) is 4.90 Å². The molecule has 1 aliphatic heterocycles. The molecule has 0 bridgehead atoms. The van der Waals surface area contributed by atoms with Gasteiger partial charge in [0.15, 0.2) is 0 Å². The van der Waals surface area contributed by atoms with Crippen LogP contribution in [-0.4, -0.2) is 34.7 Å². The summed E-state index contributed by atoms with van der Waals surface area (Å²) in [7, 11) is 0. The van der Waals surface area contributed by atoms with Crippen LogP contribution >= 0.6 is 0 Å². The standard InChI is InChI=1S/C14H22N2O/c1-2-13-14(15,11-17)8-9-16(13)10-12-6-4-3-5-7-12/h3-7,13,17H,2,8-11,15H2,1H3. The van der Waals surface area contributed by atoms with Gasteiger partial charge in [-0.25, -0.2) is 0 Å². The van der Waals surface area contributed by atoms with E-state index in [0.717, 1.165) is 25.9 Å². The Morgan fingerprint density at radius 2 is 2.12 bits per heavy atom. The third-order valence-electron chi connectivity index (χ3n) is 3.88. The van der Waals surface area contributed by atoms with Crippen LogP contribution in [0.15, 0.2) is 30.3 Å². The molecule has 0 spiro atoms. The van der Waals surface area contributed by atoms with E-state index in [-0.39, 0.29) is 12.6 Å². The van der Waals surface area contributed by atoms with Crippen LogP contribution in [0.3, 0.4) is 0 Å². The minimum absolute atomic E-state index is 0.0802. The molecule has 1 saturated heterocycles. The van der Waals surface area contributed by atoms with E-state index in [1.165, 1.54) is 5.56 Å². The van der Waals surface area contributed by atoms with E-state index in [4.69, 9.17) is 5.73 Å². The first-order valence-electron chi connectivity index (χ1n) is 6.37. The van der Waals surface area contributed by atoms with Crippen LogP contribution in [0.5, 0.6) is 0 Å². The average Bonchev–Trinajstić information content (AvgIpc) is 2.68. The van der Waals surface area contributed by atoms with Crippen molar-refractivity contribution in [2.75, 3.05) is 13.2 Å². The van der Waals surface area contributed by atoms with Crippen molar-refractivity contribution >= 4 is 0 Å². The molecular weight excluding hydrogens is 212 g/mol. The van der Waals surface area contributed by atoms with Crippen LogP contribution in [-0.2, 0) is 6.54 Å². The molecule has 1 aromatic rings. The molecule has 1 fully saturated rings. The van der Waals surface area contributed by atoms with Crippen molar-refractivity contribution in [2.24, 2.45) is 5.73 Å². The van der Waals surface area contributed by atoms with E-state index in [1.807, 2.05) is 6.07 Å². The van der Waals surface area contributed by atoms with Crippen LogP contribution in [0.2, 0.25) is 0 Å². The molecular formula is C14H22N2O. The minimum atomic E-state index is -0.413. The second kappa shape index (κ2) is 5.17. The van der Waals surface area contributed by atoms with Crippen LogP contribution < -0.4 is 5.73 Å². The number of hydrogen-bond acceptors (Lipinski definition) is 3. The second-order valence-electron chi connectivity index (χ2n) is 5.02. The van der Waals surface area contributed by atoms with Crippen LogP contribution in [0, 0.1) is 0 Å². The van der Waals surface area contributed by atoms with Gasteiger partial charge in [-0.2, -0.15) is 0 Å². The number of likely N-dealkylation sites (tertiary alicyclic amines) is 1. The first-order valence-corrected chi connectivity index (χ1v) is 6.37. The van der Waals surface area contributed by atoms with E-state index in [1.54, 1.807) is 0 Å². The molecule has 2 rings (SSSR count). The van der Waals surface area contributed by atoms with Gasteiger partial charge in [-0.05, 0) is 18.4 Å². The fourth-order valence-electron chi connectivity index (χ4n) is 2.89. The molecule has 1 heterocycles. The van der Waals surface area contributed by atoms with Gasteiger partial charge >= 0.3 is 0 Å². The first-order chi connectivity index (χ1) is 8.19. The molecule has 1 aliphatic rings. The lowest BCUT2D eigenvalue weighted by molar-refractivity contribution is 0.133. The summed E-state index contributed by atoms with van der Waals surface area (Å²) in [5, 5.41) is 9.46. The summed E-state index contributed by atoms with van der Waals surface area (Å²) < 4.78 is 0. The molecule has 0 aromatic heterocycles. The Morgan fingerprint density at radius 1 is 1.41 bits per heavy atom. The zero-order chi connectivity index (χ0) is 12.3. The maximum Gasteiger partial charge on any atom is 0.0627 e. The number of nitrogens with zero attached hydrogens (tertiary/aromatic N) is 1. The quantitative estimate of drug-likeness (QED) is 0.827. The van der Waals surface area contributed by atoms with E-state index in [9.17, 15) is 5.11 Å². The van der Waals surface area contributed by atoms with E-state index < -0.39 is 5.54 Å². The topological polar surface area (TPSA) is 49.5 Å². The highest BCUT2D eigenvalue weighted by Crippen LogP contribution is 2.29. The Morgan fingerprint density at radius 3 is 2.71 bits per heavy atom. The molecule has 2 atom stereocenters. The highest BCUT2D eigenvalue weighted by Gasteiger charge is 2.42. The Kier molecular flexibility index (Phi) is 3.82. The summed E-state index contributed by atoms with van der Waals surface area (Å²) in [6, 6.07) is 10.7. The Bertz CT molecular complexity index is 354. The zero-order valence-corrected chi connectivity index (χ0v) is 10.5. The number of aliphatic hydroxyl groups is 1. The van der Waals surface area contributed by atoms with Gasteiger partial charge in [0, 0.05) is 19.1 Å². The van der Waals surface area contributed by atoms with Gasteiger partial charge in [-0.1, -0.05) is 37.3 Å². The molecule has 94 valence electrons. The number of hydrogen-bond donors (Lipinski definition) is 2. The van der Waals surface area contributed by atoms with Gasteiger partial charge < -0.3 is 10.8 Å². The van der Waals surface area contributed by atoms with Crippen LogP contribution in [0.4, 0.5) is 0 Å². The largest absolute Gasteiger partial charge is 0.394 e. The van der Waals surface area contributed by atoms with Crippen molar-refractivity contribution in [1.29, 1.82) is 0 Å². The molecule has 2 unspecified atom stereocenters. The summed E-state index contributed by atoms with van der Waals surface area (Å²) in [4.78, 5) is 2.39. The molecule has 3 N–H and O–H groups in total. The van der Waals surface area contributed by atoms with Gasteiger partial charge in [-0.15, -0.1) is 0 Å². The minimum Gasteiger partial charge on any atom is -0.394 e. The van der Waals surface area contributed by atoms with Gasteiger partial charge in [0.2, 0.25) is 0 Å². The summed E-state index contributed by atoms with van der Waals surface area (Å²) in [5.74, 6) is 0. The summed E-state index contributed by atoms with van der Waals surface area (Å²) in [6.45, 7) is 4.13. The van der Waals surface area contributed by atoms with Gasteiger partial charge in [0.05, 0.1) is 12.1 Å². The van der Waals surface area contributed by atoms with Crippen molar-refractivity contribution in [2.45, 2.75) is 37.9 Å². The SMILES string of the molecule is CCC1N(Cc2ccccc2)CCC1(N)CO. The molecule has 3 nitrogen and oxygen atoms in total. The lowest BCUT2D eigenvalue weighted by Gasteiger charge is -2.33. The van der Waals surface area contributed by atoms with Gasteiger partial charge in [0.1, 0.15) is 0 Å². The first kappa shape index (κ1) is 12.6. The normalized spacial score (nSPS) is 29.7. The average molecular weight is 234 g/mol. The highest BCUT2D eigenvalue weighted by molar-refractivity contribution is 5.16. The summed E-state index contributed by atoms with van der Waals surface area (Å²) in [5.41, 5.74) is 7.17. The van der Waals surface area contributed by atoms with Crippen molar-refractivity contribution < 1.29 is 5.11 Å². The van der Waals surface area contributed by atoms with Crippen molar-refractivity contribution in [3.63, 3.8) is 0 Å². The Hall–Kier alpha value is -0.900. The fourth-order valence-corrected chi connectivity index (χ4v) is 2.89. The molecule has 0 amide bonds. The number of benzene rings is 1. The Balaban J connectivity index is 2.08. The van der Waals surface area contributed by atoms with E-state index in [2.05, 4.69) is 36.1 Å². The molecule has 17 heavy (non-hydrogen) atoms. The zero-order valence-electron chi connectivity index (χ0n) is 10.5. The molecule has 0 aliphatic carbocycles. The number of nitrogens with two attached hydrogens (primary N) is 1. The van der Waals surface area contributed by atoms with Crippen LogP contribution in [0.25, 0.3) is 0 Å². The molecule has 3 heteroatoms.